The smallest absolute Gasteiger partial charge is 0.277 e. The fourth-order valence-electron chi connectivity index (χ4n) is 1.95. The maximum Gasteiger partial charge on any atom is 0.277 e. The predicted octanol–water partition coefficient (Wildman–Crippen LogP) is 4.90. The molecule has 0 atom stereocenters. The lowest BCUT2D eigenvalue weighted by Crippen LogP contribution is -1.81. The second-order valence-corrected chi connectivity index (χ2v) is 7.36. The molecular formula is C15H9BrN4O2S2. The van der Waals surface area contributed by atoms with Gasteiger partial charge in [-0.15, -0.1) is 21.5 Å². The highest BCUT2D eigenvalue weighted by Gasteiger charge is 2.14. The summed E-state index contributed by atoms with van der Waals surface area (Å²) >= 11 is 6.40. The van der Waals surface area contributed by atoms with Crippen LogP contribution in [-0.2, 0) is 5.75 Å². The fourth-order valence-corrected chi connectivity index (χ4v) is 3.66. The molecule has 0 spiro atoms. The van der Waals surface area contributed by atoms with E-state index in [0.717, 1.165) is 14.9 Å². The Kier molecular flexibility index (Phi) is 4.46. The highest BCUT2D eigenvalue weighted by molar-refractivity contribution is 9.10. The molecule has 9 heteroatoms. The third kappa shape index (κ3) is 3.28. The Bertz CT molecular complexity index is 952. The van der Waals surface area contributed by atoms with Gasteiger partial charge in [-0.2, -0.15) is 4.98 Å². The van der Waals surface area contributed by atoms with E-state index in [4.69, 9.17) is 8.94 Å². The first-order valence-corrected chi connectivity index (χ1v) is 9.53. The SMILES string of the molecule is Brc1ccccc1-c1nnc(SCc2nc(-c3cccs3)no2)o1. The third-order valence-electron chi connectivity index (χ3n) is 3.04. The van der Waals surface area contributed by atoms with Crippen molar-refractivity contribution in [1.29, 1.82) is 0 Å². The Balaban J connectivity index is 1.45. The van der Waals surface area contributed by atoms with Crippen molar-refractivity contribution in [1.82, 2.24) is 20.3 Å². The van der Waals surface area contributed by atoms with Crippen LogP contribution in [0.2, 0.25) is 0 Å². The van der Waals surface area contributed by atoms with E-state index in [1.165, 1.54) is 11.8 Å². The van der Waals surface area contributed by atoms with Crippen molar-refractivity contribution < 1.29 is 8.94 Å². The zero-order valence-electron chi connectivity index (χ0n) is 12.0. The zero-order valence-corrected chi connectivity index (χ0v) is 15.3. The maximum absolute atomic E-state index is 5.67. The van der Waals surface area contributed by atoms with Crippen LogP contribution in [0, 0.1) is 0 Å². The van der Waals surface area contributed by atoms with Crippen LogP contribution < -0.4 is 0 Å². The molecule has 0 aliphatic heterocycles. The van der Waals surface area contributed by atoms with Crippen LogP contribution >= 0.6 is 39.0 Å². The molecule has 0 radical (unpaired) electrons. The van der Waals surface area contributed by atoms with Crippen LogP contribution in [0.25, 0.3) is 22.2 Å². The molecular weight excluding hydrogens is 412 g/mol. The van der Waals surface area contributed by atoms with Gasteiger partial charge in [0.2, 0.25) is 17.6 Å². The quantitative estimate of drug-likeness (QED) is 0.424. The van der Waals surface area contributed by atoms with Crippen molar-refractivity contribution in [2.24, 2.45) is 0 Å². The standard InChI is InChI=1S/C15H9BrN4O2S2/c16-10-5-2-1-4-9(10)14-18-19-15(21-14)24-8-12-17-13(20-22-12)11-6-3-7-23-11/h1-7H,8H2. The first kappa shape index (κ1) is 15.6. The Morgan fingerprint density at radius 3 is 2.88 bits per heavy atom. The molecule has 3 heterocycles. The van der Waals surface area contributed by atoms with Crippen molar-refractivity contribution >= 4 is 39.0 Å². The van der Waals surface area contributed by atoms with Gasteiger partial charge in [0.15, 0.2) is 0 Å². The molecule has 0 N–H and O–H groups in total. The molecule has 1 aromatic carbocycles. The minimum absolute atomic E-state index is 0.455. The average Bonchev–Trinajstić information content (AvgIpc) is 3.34. The molecule has 4 aromatic rings. The van der Waals surface area contributed by atoms with E-state index >= 15 is 0 Å². The van der Waals surface area contributed by atoms with Crippen molar-refractivity contribution in [2.45, 2.75) is 11.0 Å². The van der Waals surface area contributed by atoms with Crippen molar-refractivity contribution in [3.63, 3.8) is 0 Å². The molecule has 4 rings (SSSR count). The predicted molar refractivity (Wildman–Crippen MR) is 94.6 cm³/mol. The minimum atomic E-state index is 0.455. The largest absolute Gasteiger partial charge is 0.411 e. The summed E-state index contributed by atoms with van der Waals surface area (Å²) in [5.74, 6) is 2.05. The Morgan fingerprint density at radius 1 is 1.12 bits per heavy atom. The van der Waals surface area contributed by atoms with Crippen LogP contribution in [0.15, 0.2) is 60.4 Å². The van der Waals surface area contributed by atoms with Crippen molar-refractivity contribution in [2.75, 3.05) is 0 Å². The molecule has 0 bridgehead atoms. The number of thioether (sulfide) groups is 1. The molecule has 0 saturated heterocycles. The molecule has 24 heavy (non-hydrogen) atoms. The average molecular weight is 421 g/mol. The summed E-state index contributed by atoms with van der Waals surface area (Å²) in [4.78, 5) is 5.34. The monoisotopic (exact) mass is 420 g/mol. The van der Waals surface area contributed by atoms with Gasteiger partial charge < -0.3 is 8.94 Å². The van der Waals surface area contributed by atoms with Crippen LogP contribution in [0.1, 0.15) is 5.89 Å². The Morgan fingerprint density at radius 2 is 2.04 bits per heavy atom. The van der Waals surface area contributed by atoms with Gasteiger partial charge in [0.05, 0.1) is 16.2 Å². The molecule has 0 amide bonds. The first-order chi connectivity index (χ1) is 11.8. The van der Waals surface area contributed by atoms with Gasteiger partial charge in [-0.25, -0.2) is 0 Å². The summed E-state index contributed by atoms with van der Waals surface area (Å²) in [5.41, 5.74) is 0.856. The third-order valence-corrected chi connectivity index (χ3v) is 5.40. The van der Waals surface area contributed by atoms with Crippen molar-refractivity contribution in [3.05, 3.63) is 52.1 Å². The number of thiophene rings is 1. The van der Waals surface area contributed by atoms with E-state index in [1.807, 2.05) is 41.8 Å². The number of hydrogen-bond donors (Lipinski definition) is 0. The van der Waals surface area contributed by atoms with Crippen molar-refractivity contribution in [3.8, 4) is 22.2 Å². The number of benzene rings is 1. The number of halogens is 1. The zero-order chi connectivity index (χ0) is 16.4. The highest BCUT2D eigenvalue weighted by atomic mass is 79.9. The first-order valence-electron chi connectivity index (χ1n) is 6.87. The number of aromatic nitrogens is 4. The normalized spacial score (nSPS) is 11.0. The van der Waals surface area contributed by atoms with Gasteiger partial charge in [-0.05, 0) is 39.5 Å². The summed E-state index contributed by atoms with van der Waals surface area (Å²) in [6, 6.07) is 11.6. The van der Waals surface area contributed by atoms with Gasteiger partial charge in [0.25, 0.3) is 5.22 Å². The van der Waals surface area contributed by atoms with E-state index in [9.17, 15) is 0 Å². The molecule has 0 aliphatic carbocycles. The number of nitrogens with zero attached hydrogens (tertiary/aromatic N) is 4. The van der Waals surface area contributed by atoms with Crippen LogP contribution in [0.5, 0.6) is 0 Å². The van der Waals surface area contributed by atoms with Gasteiger partial charge in [-0.1, -0.05) is 35.1 Å². The number of rotatable bonds is 5. The van der Waals surface area contributed by atoms with Gasteiger partial charge in [0.1, 0.15) is 0 Å². The van der Waals surface area contributed by atoms with E-state index in [1.54, 1.807) is 11.3 Å². The lowest BCUT2D eigenvalue weighted by molar-refractivity contribution is 0.391. The molecule has 3 aromatic heterocycles. The van der Waals surface area contributed by atoms with Gasteiger partial charge in [0, 0.05) is 4.47 Å². The molecule has 0 unspecified atom stereocenters. The van der Waals surface area contributed by atoms with E-state index in [0.29, 0.717) is 28.6 Å². The van der Waals surface area contributed by atoms with E-state index < -0.39 is 0 Å². The Labute approximate surface area is 153 Å². The van der Waals surface area contributed by atoms with Crippen LogP contribution in [0.4, 0.5) is 0 Å². The summed E-state index contributed by atoms with van der Waals surface area (Å²) < 4.78 is 11.8. The topological polar surface area (TPSA) is 77.8 Å². The second kappa shape index (κ2) is 6.88. The lowest BCUT2D eigenvalue weighted by atomic mass is 10.2. The van der Waals surface area contributed by atoms with E-state index in [-0.39, 0.29) is 0 Å². The molecule has 6 nitrogen and oxygen atoms in total. The summed E-state index contributed by atoms with van der Waals surface area (Å²) in [7, 11) is 0. The Hall–Kier alpha value is -1.97. The molecule has 0 aliphatic rings. The van der Waals surface area contributed by atoms with Crippen LogP contribution in [-0.4, -0.2) is 20.3 Å². The van der Waals surface area contributed by atoms with Gasteiger partial charge >= 0.3 is 0 Å². The van der Waals surface area contributed by atoms with E-state index in [2.05, 4.69) is 36.3 Å². The minimum Gasteiger partial charge on any atom is -0.411 e. The summed E-state index contributed by atoms with van der Waals surface area (Å²) in [6.07, 6.45) is 0. The second-order valence-electron chi connectivity index (χ2n) is 4.63. The molecule has 120 valence electrons. The fraction of sp³-hybridized carbons (Fsp3) is 0.0667. The lowest BCUT2D eigenvalue weighted by Gasteiger charge is -1.96. The highest BCUT2D eigenvalue weighted by Crippen LogP contribution is 2.30. The molecule has 0 saturated carbocycles. The summed E-state index contributed by atoms with van der Waals surface area (Å²) in [5, 5.41) is 14.5. The number of hydrogen-bond acceptors (Lipinski definition) is 8. The van der Waals surface area contributed by atoms with Gasteiger partial charge in [-0.3, -0.25) is 0 Å². The maximum atomic E-state index is 5.67. The summed E-state index contributed by atoms with van der Waals surface area (Å²) in [6.45, 7) is 0. The van der Waals surface area contributed by atoms with Crippen LogP contribution in [0.3, 0.4) is 0 Å². The molecule has 0 fully saturated rings.